The van der Waals surface area contributed by atoms with Gasteiger partial charge in [-0.1, -0.05) is 6.07 Å². The molecule has 0 saturated carbocycles. The lowest BCUT2D eigenvalue weighted by atomic mass is 9.97. The molecule has 0 spiro atoms. The summed E-state index contributed by atoms with van der Waals surface area (Å²) in [6.45, 7) is -0.279. The van der Waals surface area contributed by atoms with Crippen molar-refractivity contribution in [2.24, 2.45) is 0 Å². The second-order valence-electron chi connectivity index (χ2n) is 3.96. The minimum absolute atomic E-state index is 0.00556. The number of halogens is 4. The number of hydrogen-bond acceptors (Lipinski definition) is 3. The van der Waals surface area contributed by atoms with Crippen LogP contribution in [0.25, 0.3) is 0 Å². The maximum absolute atomic E-state index is 12.9. The molecule has 0 fully saturated rings. The first-order chi connectivity index (χ1) is 8.59. The van der Waals surface area contributed by atoms with Crippen LogP contribution in [0.2, 0.25) is 0 Å². The minimum atomic E-state index is -4.45. The Hall–Kier alpha value is -0.670. The first-order valence-corrected chi connectivity index (χ1v) is 7.91. The zero-order valence-corrected chi connectivity index (χ0v) is 12.3. The standard InChI is InChI=1S/C10H12BrF3N2O2S/c1-19(17,18)16-5-4-8(10(12,13)14)7-2-3-9(11)15-6-7/h2-3,6,8,16H,4-5H2,1H3. The van der Waals surface area contributed by atoms with Crippen LogP contribution in [-0.2, 0) is 10.0 Å². The predicted molar refractivity (Wildman–Crippen MR) is 68.2 cm³/mol. The second-order valence-corrected chi connectivity index (χ2v) is 6.61. The molecular formula is C10H12BrF3N2O2S. The third-order valence-corrected chi connectivity index (χ3v) is 3.54. The van der Waals surface area contributed by atoms with E-state index in [-0.39, 0.29) is 18.5 Å². The molecule has 0 bridgehead atoms. The molecule has 0 aliphatic heterocycles. The van der Waals surface area contributed by atoms with Gasteiger partial charge in [0.25, 0.3) is 0 Å². The Morgan fingerprint density at radius 3 is 2.47 bits per heavy atom. The SMILES string of the molecule is CS(=O)(=O)NCCC(c1ccc(Br)nc1)C(F)(F)F. The Morgan fingerprint density at radius 1 is 1.42 bits per heavy atom. The molecule has 4 nitrogen and oxygen atoms in total. The molecule has 1 rings (SSSR count). The normalized spacial score (nSPS) is 14.4. The number of hydrogen-bond donors (Lipinski definition) is 1. The molecule has 0 aliphatic rings. The van der Waals surface area contributed by atoms with Crippen LogP contribution in [0.3, 0.4) is 0 Å². The monoisotopic (exact) mass is 360 g/mol. The lowest BCUT2D eigenvalue weighted by Gasteiger charge is -2.20. The molecule has 9 heteroatoms. The van der Waals surface area contributed by atoms with Crippen molar-refractivity contribution in [3.63, 3.8) is 0 Å². The van der Waals surface area contributed by atoms with Gasteiger partial charge in [-0.15, -0.1) is 0 Å². The van der Waals surface area contributed by atoms with Gasteiger partial charge in [0.05, 0.1) is 12.2 Å². The Morgan fingerprint density at radius 2 is 2.05 bits per heavy atom. The summed E-state index contributed by atoms with van der Waals surface area (Å²) in [4.78, 5) is 3.75. The van der Waals surface area contributed by atoms with Crippen LogP contribution in [0.15, 0.2) is 22.9 Å². The number of aromatic nitrogens is 1. The number of nitrogens with one attached hydrogen (secondary N) is 1. The molecule has 19 heavy (non-hydrogen) atoms. The van der Waals surface area contributed by atoms with Gasteiger partial charge in [-0.3, -0.25) is 0 Å². The zero-order valence-electron chi connectivity index (χ0n) is 9.91. The van der Waals surface area contributed by atoms with E-state index < -0.39 is 22.1 Å². The largest absolute Gasteiger partial charge is 0.395 e. The molecule has 0 aromatic carbocycles. The fraction of sp³-hybridized carbons (Fsp3) is 0.500. The highest BCUT2D eigenvalue weighted by atomic mass is 79.9. The van der Waals surface area contributed by atoms with Gasteiger partial charge in [0.1, 0.15) is 4.60 Å². The average molecular weight is 361 g/mol. The molecule has 1 aromatic heterocycles. The van der Waals surface area contributed by atoms with Crippen molar-refractivity contribution in [3.8, 4) is 0 Å². The van der Waals surface area contributed by atoms with E-state index >= 15 is 0 Å². The Labute approximate surface area is 117 Å². The lowest BCUT2D eigenvalue weighted by molar-refractivity contribution is -0.151. The smallest absolute Gasteiger partial charge is 0.249 e. The van der Waals surface area contributed by atoms with E-state index in [1.807, 2.05) is 4.72 Å². The molecule has 1 unspecified atom stereocenters. The maximum Gasteiger partial charge on any atom is 0.395 e. The molecule has 1 atom stereocenters. The van der Waals surface area contributed by atoms with Gasteiger partial charge in [0.2, 0.25) is 10.0 Å². The highest BCUT2D eigenvalue weighted by Crippen LogP contribution is 2.37. The van der Waals surface area contributed by atoms with Crippen LogP contribution in [-0.4, -0.2) is 32.4 Å². The van der Waals surface area contributed by atoms with Crippen molar-refractivity contribution in [2.75, 3.05) is 12.8 Å². The Bertz CT molecular complexity index is 517. The summed E-state index contributed by atoms with van der Waals surface area (Å²) < 4.78 is 62.9. The van der Waals surface area contributed by atoms with Crippen LogP contribution in [0.5, 0.6) is 0 Å². The van der Waals surface area contributed by atoms with Crippen LogP contribution in [0, 0.1) is 0 Å². The fourth-order valence-electron chi connectivity index (χ4n) is 1.50. The number of rotatable bonds is 5. The summed E-state index contributed by atoms with van der Waals surface area (Å²) in [5.41, 5.74) is 0.00556. The summed E-state index contributed by atoms with van der Waals surface area (Å²) in [6, 6.07) is 2.73. The molecule has 0 radical (unpaired) electrons. The number of pyridine rings is 1. The van der Waals surface area contributed by atoms with Crippen molar-refractivity contribution in [1.82, 2.24) is 9.71 Å². The van der Waals surface area contributed by atoms with Gasteiger partial charge in [-0.25, -0.2) is 18.1 Å². The Balaban J connectivity index is 2.82. The van der Waals surface area contributed by atoms with Crippen LogP contribution < -0.4 is 4.72 Å². The second kappa shape index (κ2) is 6.19. The highest BCUT2D eigenvalue weighted by Gasteiger charge is 2.40. The molecular weight excluding hydrogens is 349 g/mol. The van der Waals surface area contributed by atoms with E-state index in [1.54, 1.807) is 0 Å². The molecule has 108 valence electrons. The van der Waals surface area contributed by atoms with E-state index in [2.05, 4.69) is 20.9 Å². The van der Waals surface area contributed by atoms with Gasteiger partial charge >= 0.3 is 6.18 Å². The molecule has 1 aromatic rings. The average Bonchev–Trinajstić information content (AvgIpc) is 2.23. The van der Waals surface area contributed by atoms with Crippen LogP contribution in [0.4, 0.5) is 13.2 Å². The predicted octanol–water partition coefficient (Wildman–Crippen LogP) is 2.43. The topological polar surface area (TPSA) is 59.1 Å². The molecule has 1 N–H and O–H groups in total. The Kier molecular flexibility index (Phi) is 5.34. The third kappa shape index (κ3) is 5.87. The van der Waals surface area contributed by atoms with Gasteiger partial charge in [0, 0.05) is 12.7 Å². The van der Waals surface area contributed by atoms with Gasteiger partial charge in [0.15, 0.2) is 0 Å². The molecule has 0 aliphatic carbocycles. The van der Waals surface area contributed by atoms with Crippen molar-refractivity contribution in [1.29, 1.82) is 0 Å². The molecule has 1 heterocycles. The van der Waals surface area contributed by atoms with Gasteiger partial charge in [-0.2, -0.15) is 13.2 Å². The van der Waals surface area contributed by atoms with Crippen LogP contribution in [0.1, 0.15) is 17.9 Å². The van der Waals surface area contributed by atoms with Crippen molar-refractivity contribution >= 4 is 26.0 Å². The van der Waals surface area contributed by atoms with E-state index in [9.17, 15) is 21.6 Å². The first kappa shape index (κ1) is 16.4. The lowest BCUT2D eigenvalue weighted by Crippen LogP contribution is -2.29. The van der Waals surface area contributed by atoms with E-state index in [0.717, 1.165) is 12.5 Å². The van der Waals surface area contributed by atoms with E-state index in [4.69, 9.17) is 0 Å². The highest BCUT2D eigenvalue weighted by molar-refractivity contribution is 9.10. The molecule has 0 amide bonds. The summed E-state index contributed by atoms with van der Waals surface area (Å²) in [5, 5.41) is 0. The van der Waals surface area contributed by atoms with Gasteiger partial charge < -0.3 is 0 Å². The third-order valence-electron chi connectivity index (χ3n) is 2.35. The fourth-order valence-corrected chi connectivity index (χ4v) is 2.22. The zero-order chi connectivity index (χ0) is 14.7. The van der Waals surface area contributed by atoms with Gasteiger partial charge in [-0.05, 0) is 34.0 Å². The summed E-state index contributed by atoms with van der Waals surface area (Å²) in [5.74, 6) is -1.75. The summed E-state index contributed by atoms with van der Waals surface area (Å²) in [6.07, 6.45) is -2.80. The number of alkyl halides is 3. The minimum Gasteiger partial charge on any atom is -0.249 e. The first-order valence-electron chi connectivity index (χ1n) is 5.22. The van der Waals surface area contributed by atoms with Crippen molar-refractivity contribution < 1.29 is 21.6 Å². The number of sulfonamides is 1. The summed E-state index contributed by atoms with van der Waals surface area (Å²) >= 11 is 3.04. The summed E-state index contributed by atoms with van der Waals surface area (Å²) in [7, 11) is -3.49. The van der Waals surface area contributed by atoms with Crippen molar-refractivity contribution in [3.05, 3.63) is 28.5 Å². The number of nitrogens with zero attached hydrogens (tertiary/aromatic N) is 1. The molecule has 0 saturated heterocycles. The maximum atomic E-state index is 12.9. The van der Waals surface area contributed by atoms with E-state index in [0.29, 0.717) is 4.60 Å². The van der Waals surface area contributed by atoms with Crippen LogP contribution >= 0.6 is 15.9 Å². The van der Waals surface area contributed by atoms with Crippen molar-refractivity contribution in [2.45, 2.75) is 18.5 Å². The van der Waals surface area contributed by atoms with E-state index in [1.165, 1.54) is 12.1 Å². The quantitative estimate of drug-likeness (QED) is 0.820.